The van der Waals surface area contributed by atoms with E-state index in [1.54, 1.807) is 48.3 Å². The average Bonchev–Trinajstić information content (AvgIpc) is 3.54. The Hall–Kier alpha value is -3.37. The minimum atomic E-state index is -0.889. The van der Waals surface area contributed by atoms with Gasteiger partial charge in [0.25, 0.3) is 0 Å². The Kier molecular flexibility index (Phi) is 10.7. The van der Waals surface area contributed by atoms with Crippen LogP contribution in [0.3, 0.4) is 0 Å². The Labute approximate surface area is 231 Å². The van der Waals surface area contributed by atoms with E-state index in [0.29, 0.717) is 25.9 Å². The normalized spacial score (nSPS) is 12.8. The molecule has 3 amide bonds. The predicted octanol–water partition coefficient (Wildman–Crippen LogP) is 5.72. The number of nitrogens with one attached hydrogen (secondary N) is 1. The lowest BCUT2D eigenvalue weighted by Crippen LogP contribution is -2.49. The molecule has 204 valence electrons. The third kappa shape index (κ3) is 10.2. The second kappa shape index (κ2) is 14.0. The molecule has 0 fully saturated rings. The van der Waals surface area contributed by atoms with Crippen LogP contribution in [-0.2, 0) is 33.8 Å². The van der Waals surface area contributed by atoms with Crippen molar-refractivity contribution in [1.82, 2.24) is 10.2 Å². The molecule has 0 aliphatic heterocycles. The van der Waals surface area contributed by atoms with E-state index >= 15 is 0 Å². The molecule has 0 radical (unpaired) electrons. The Morgan fingerprint density at radius 1 is 0.921 bits per heavy atom. The van der Waals surface area contributed by atoms with Gasteiger partial charge in [-0.1, -0.05) is 42.5 Å². The molecular weight excluding hydrogens is 522 g/mol. The molecule has 0 aliphatic carbocycles. The second-order valence-corrected chi connectivity index (χ2v) is 11.9. The molecule has 1 unspecified atom stereocenters. The van der Waals surface area contributed by atoms with Crippen LogP contribution in [0.15, 0.2) is 65.4 Å². The van der Waals surface area contributed by atoms with Crippen molar-refractivity contribution in [3.05, 3.63) is 80.7 Å². The van der Waals surface area contributed by atoms with Crippen LogP contribution in [0.5, 0.6) is 0 Å². The molecule has 0 saturated carbocycles. The van der Waals surface area contributed by atoms with Gasteiger partial charge in [0.1, 0.15) is 17.7 Å². The first-order valence-electron chi connectivity index (χ1n) is 12.4. The number of carbonyl (C=O) groups excluding carboxylic acids is 3. The summed E-state index contributed by atoms with van der Waals surface area (Å²) in [6.07, 6.45) is -1.15. The highest BCUT2D eigenvalue weighted by Crippen LogP contribution is 2.21. The van der Waals surface area contributed by atoms with Gasteiger partial charge in [-0.15, -0.1) is 22.7 Å². The van der Waals surface area contributed by atoms with Gasteiger partial charge < -0.3 is 25.4 Å². The van der Waals surface area contributed by atoms with Crippen LogP contribution in [0.25, 0.3) is 0 Å². The molecule has 3 N–H and O–H groups in total. The molecular formula is C28H35N3O5S2. The van der Waals surface area contributed by atoms with Crippen molar-refractivity contribution in [2.75, 3.05) is 0 Å². The summed E-state index contributed by atoms with van der Waals surface area (Å²) < 4.78 is 10.8. The zero-order chi connectivity index (χ0) is 27.5. The molecule has 0 spiro atoms. The van der Waals surface area contributed by atoms with Crippen LogP contribution in [0.4, 0.5) is 9.59 Å². The summed E-state index contributed by atoms with van der Waals surface area (Å²) in [6.45, 7) is 6.11. The highest BCUT2D eigenvalue weighted by Gasteiger charge is 2.30. The van der Waals surface area contributed by atoms with Crippen LogP contribution >= 0.6 is 22.7 Å². The third-order valence-corrected chi connectivity index (χ3v) is 7.24. The number of primary amides is 1. The van der Waals surface area contributed by atoms with Crippen molar-refractivity contribution in [1.29, 1.82) is 0 Å². The van der Waals surface area contributed by atoms with Crippen LogP contribution in [0, 0.1) is 0 Å². The maximum absolute atomic E-state index is 13.9. The van der Waals surface area contributed by atoms with E-state index in [2.05, 4.69) is 5.32 Å². The van der Waals surface area contributed by atoms with Gasteiger partial charge in [0.05, 0.1) is 13.1 Å². The van der Waals surface area contributed by atoms with Crippen molar-refractivity contribution in [3.8, 4) is 0 Å². The summed E-state index contributed by atoms with van der Waals surface area (Å²) in [5, 5.41) is 6.70. The summed E-state index contributed by atoms with van der Waals surface area (Å²) in [7, 11) is 0. The van der Waals surface area contributed by atoms with Crippen molar-refractivity contribution in [2.45, 2.75) is 70.9 Å². The topological polar surface area (TPSA) is 111 Å². The fourth-order valence-electron chi connectivity index (χ4n) is 3.92. The molecule has 0 bridgehead atoms. The Morgan fingerprint density at radius 2 is 1.53 bits per heavy atom. The number of amides is 3. The Bertz CT molecular complexity index is 1110. The molecule has 1 aromatic carbocycles. The standard InChI is InChI=1S/C28H35N3O5S2/c1-28(2,3)36-27(34)30-24(14-13-21(35-26(29)33)17-20-9-5-4-6-10-20)25(32)31(18-22-11-7-15-37-22)19-23-12-8-16-38-23/h4-12,15-16,21,24H,13-14,17-19H2,1-3H3,(H2,29,33)(H,30,34)/t21?,24-/m0/s1. The van der Waals surface area contributed by atoms with Gasteiger partial charge >= 0.3 is 12.2 Å². The quantitative estimate of drug-likeness (QED) is 0.296. The number of hydrogen-bond donors (Lipinski definition) is 2. The highest BCUT2D eigenvalue weighted by atomic mass is 32.1. The first-order valence-corrected chi connectivity index (χ1v) is 14.2. The smallest absolute Gasteiger partial charge is 0.408 e. The lowest BCUT2D eigenvalue weighted by molar-refractivity contribution is -0.135. The van der Waals surface area contributed by atoms with Gasteiger partial charge in [0.15, 0.2) is 0 Å². The minimum Gasteiger partial charge on any atom is -0.446 e. The second-order valence-electron chi connectivity index (χ2n) is 9.88. The summed E-state index contributed by atoms with van der Waals surface area (Å²) in [5.41, 5.74) is 5.58. The molecule has 0 aliphatic rings. The zero-order valence-electron chi connectivity index (χ0n) is 21.9. The molecule has 38 heavy (non-hydrogen) atoms. The SMILES string of the molecule is CC(C)(C)OC(=O)N[C@@H](CCC(Cc1ccccc1)OC(N)=O)C(=O)N(Cc1cccs1)Cc1cccs1. The third-order valence-electron chi connectivity index (χ3n) is 5.52. The number of nitrogens with zero attached hydrogens (tertiary/aromatic N) is 1. The van der Waals surface area contributed by atoms with Gasteiger partial charge in [0, 0.05) is 16.2 Å². The minimum absolute atomic E-state index is 0.230. The maximum atomic E-state index is 13.9. The van der Waals surface area contributed by atoms with Crippen molar-refractivity contribution < 1.29 is 23.9 Å². The summed E-state index contributed by atoms with van der Waals surface area (Å²) in [4.78, 5) is 42.1. The monoisotopic (exact) mass is 557 g/mol. The van der Waals surface area contributed by atoms with E-state index in [9.17, 15) is 14.4 Å². The number of alkyl carbamates (subject to hydrolysis) is 1. The summed E-state index contributed by atoms with van der Waals surface area (Å²) in [5.74, 6) is -0.241. The van der Waals surface area contributed by atoms with Gasteiger partial charge in [-0.2, -0.15) is 0 Å². The van der Waals surface area contributed by atoms with Crippen molar-refractivity contribution in [3.63, 3.8) is 0 Å². The predicted molar refractivity (Wildman–Crippen MR) is 150 cm³/mol. The molecule has 2 aromatic heterocycles. The molecule has 2 atom stereocenters. The van der Waals surface area contributed by atoms with Crippen molar-refractivity contribution >= 4 is 40.8 Å². The molecule has 2 heterocycles. The van der Waals surface area contributed by atoms with Crippen LogP contribution in [-0.4, -0.2) is 40.7 Å². The zero-order valence-corrected chi connectivity index (χ0v) is 23.6. The lowest BCUT2D eigenvalue weighted by Gasteiger charge is -2.29. The number of hydrogen-bond acceptors (Lipinski definition) is 7. The van der Waals surface area contributed by atoms with Gasteiger partial charge in [-0.3, -0.25) is 4.79 Å². The number of nitrogens with two attached hydrogens (primary N) is 1. The Balaban J connectivity index is 1.81. The number of carbonyl (C=O) groups is 3. The highest BCUT2D eigenvalue weighted by molar-refractivity contribution is 7.10. The van der Waals surface area contributed by atoms with Gasteiger partial charge in [-0.25, -0.2) is 9.59 Å². The van der Waals surface area contributed by atoms with Gasteiger partial charge in [-0.05, 0) is 62.1 Å². The van der Waals surface area contributed by atoms with E-state index in [4.69, 9.17) is 15.2 Å². The van der Waals surface area contributed by atoms with E-state index in [1.165, 1.54) is 0 Å². The molecule has 3 rings (SSSR count). The number of benzene rings is 1. The Morgan fingerprint density at radius 3 is 2.03 bits per heavy atom. The van der Waals surface area contributed by atoms with E-state index in [-0.39, 0.29) is 12.3 Å². The van der Waals surface area contributed by atoms with Crippen LogP contribution in [0.2, 0.25) is 0 Å². The average molecular weight is 558 g/mol. The molecule has 0 saturated heterocycles. The number of ether oxygens (including phenoxy) is 2. The van der Waals surface area contributed by atoms with Crippen molar-refractivity contribution in [2.24, 2.45) is 5.73 Å². The van der Waals surface area contributed by atoms with Crippen LogP contribution < -0.4 is 11.1 Å². The van der Waals surface area contributed by atoms with E-state index < -0.39 is 29.9 Å². The molecule has 8 nitrogen and oxygen atoms in total. The number of thiophene rings is 2. The molecule has 10 heteroatoms. The largest absolute Gasteiger partial charge is 0.446 e. The van der Waals surface area contributed by atoms with E-state index in [1.807, 2.05) is 65.4 Å². The van der Waals surface area contributed by atoms with Crippen LogP contribution in [0.1, 0.15) is 48.9 Å². The summed E-state index contributed by atoms with van der Waals surface area (Å²) >= 11 is 3.13. The lowest BCUT2D eigenvalue weighted by atomic mass is 10.0. The fourth-order valence-corrected chi connectivity index (χ4v) is 5.36. The first-order chi connectivity index (χ1) is 18.1. The molecule has 3 aromatic rings. The van der Waals surface area contributed by atoms with E-state index in [0.717, 1.165) is 15.3 Å². The number of rotatable bonds is 12. The summed E-state index contributed by atoms with van der Waals surface area (Å²) in [6, 6.07) is 16.5. The fraction of sp³-hybridized carbons (Fsp3) is 0.393. The van der Waals surface area contributed by atoms with Gasteiger partial charge in [0.2, 0.25) is 5.91 Å². The maximum Gasteiger partial charge on any atom is 0.408 e. The first kappa shape index (κ1) is 29.2.